The Morgan fingerprint density at radius 1 is 1.46 bits per heavy atom. The zero-order chi connectivity index (χ0) is 10.3. The first-order valence-corrected chi connectivity index (χ1v) is 5.22. The topological polar surface area (TPSA) is 43.4 Å². The van der Waals surface area contributed by atoms with Crippen molar-refractivity contribution in [1.82, 2.24) is 0 Å². The second kappa shape index (κ2) is 6.83. The van der Waals surface area contributed by atoms with Crippen molar-refractivity contribution in [1.29, 1.82) is 0 Å². The first-order chi connectivity index (χ1) is 6.17. The van der Waals surface area contributed by atoms with Gasteiger partial charge in [0.15, 0.2) is 5.78 Å². The molecule has 74 valence electrons. The van der Waals surface area contributed by atoms with Crippen molar-refractivity contribution in [3.8, 4) is 0 Å². The van der Waals surface area contributed by atoms with Gasteiger partial charge in [-0.05, 0) is 13.3 Å². The second-order valence-corrected chi connectivity index (χ2v) is 2.96. The predicted octanol–water partition coefficient (Wildman–Crippen LogP) is 1.85. The van der Waals surface area contributed by atoms with Crippen molar-refractivity contribution in [2.24, 2.45) is 0 Å². The lowest BCUT2D eigenvalue weighted by Gasteiger charge is -2.03. The lowest BCUT2D eigenvalue weighted by atomic mass is 10.2. The maximum absolute atomic E-state index is 11.2. The van der Waals surface area contributed by atoms with Gasteiger partial charge in [-0.25, -0.2) is 4.79 Å². The third kappa shape index (κ3) is 4.22. The van der Waals surface area contributed by atoms with E-state index in [0.717, 1.165) is 6.42 Å². The van der Waals surface area contributed by atoms with Crippen LogP contribution in [0.25, 0.3) is 0 Å². The summed E-state index contributed by atoms with van der Waals surface area (Å²) >= 11 is 2.99. The third-order valence-corrected chi connectivity index (χ3v) is 1.88. The summed E-state index contributed by atoms with van der Waals surface area (Å²) in [7, 11) is 0. The molecule has 0 aliphatic heterocycles. The SMILES string of the molecule is C/C=C(/C(=O)CBr)C(=O)OCCC. The number of hydrogen-bond donors (Lipinski definition) is 0. The molecule has 0 spiro atoms. The number of ether oxygens (including phenoxy) is 1. The third-order valence-electron chi connectivity index (χ3n) is 1.37. The molecule has 3 nitrogen and oxygen atoms in total. The number of carbonyl (C=O) groups is 2. The standard InChI is InChI=1S/C9H13BrO3/c1-3-5-13-9(12)7(4-2)8(11)6-10/h4H,3,5-6H2,1-2H3/b7-4-. The van der Waals surface area contributed by atoms with E-state index < -0.39 is 5.97 Å². The maximum atomic E-state index is 11.2. The van der Waals surface area contributed by atoms with E-state index in [1.54, 1.807) is 6.92 Å². The molecule has 0 N–H and O–H groups in total. The van der Waals surface area contributed by atoms with Crippen LogP contribution in [-0.4, -0.2) is 23.7 Å². The quantitative estimate of drug-likeness (QED) is 0.245. The molecule has 0 aromatic heterocycles. The lowest BCUT2D eigenvalue weighted by Crippen LogP contribution is -2.16. The minimum atomic E-state index is -0.534. The van der Waals surface area contributed by atoms with Crippen LogP contribution < -0.4 is 0 Å². The van der Waals surface area contributed by atoms with Gasteiger partial charge in [-0.15, -0.1) is 0 Å². The highest BCUT2D eigenvalue weighted by molar-refractivity contribution is 9.09. The Bertz CT molecular complexity index is 221. The first-order valence-electron chi connectivity index (χ1n) is 4.09. The van der Waals surface area contributed by atoms with Gasteiger partial charge in [-0.3, -0.25) is 4.79 Å². The van der Waals surface area contributed by atoms with Gasteiger partial charge in [0.2, 0.25) is 0 Å². The average Bonchev–Trinajstić information content (AvgIpc) is 2.15. The zero-order valence-corrected chi connectivity index (χ0v) is 9.39. The van der Waals surface area contributed by atoms with Crippen LogP contribution >= 0.6 is 15.9 Å². The number of Topliss-reactive ketones (excluding diaryl/α,β-unsaturated/α-hetero) is 1. The molecule has 0 heterocycles. The van der Waals surface area contributed by atoms with Crippen LogP contribution in [0, 0.1) is 0 Å². The van der Waals surface area contributed by atoms with Crippen LogP contribution in [0.2, 0.25) is 0 Å². The molecule has 0 aliphatic carbocycles. The lowest BCUT2D eigenvalue weighted by molar-refractivity contribution is -0.140. The Labute approximate surface area is 86.3 Å². The largest absolute Gasteiger partial charge is 0.462 e. The second-order valence-electron chi connectivity index (χ2n) is 2.40. The number of esters is 1. The van der Waals surface area contributed by atoms with Crippen LogP contribution in [0.5, 0.6) is 0 Å². The Morgan fingerprint density at radius 2 is 2.08 bits per heavy atom. The van der Waals surface area contributed by atoms with Crippen molar-refractivity contribution >= 4 is 27.7 Å². The van der Waals surface area contributed by atoms with Crippen LogP contribution in [0.1, 0.15) is 20.3 Å². The molecule has 0 aliphatic rings. The molecular weight excluding hydrogens is 236 g/mol. The Hall–Kier alpha value is -0.640. The fourth-order valence-electron chi connectivity index (χ4n) is 0.737. The molecule has 0 aromatic rings. The number of halogens is 1. The summed E-state index contributed by atoms with van der Waals surface area (Å²) in [4.78, 5) is 22.3. The van der Waals surface area contributed by atoms with Crippen molar-refractivity contribution in [3.05, 3.63) is 11.6 Å². The van der Waals surface area contributed by atoms with Gasteiger partial charge in [-0.1, -0.05) is 28.9 Å². The number of allylic oxidation sites excluding steroid dienone is 1. The van der Waals surface area contributed by atoms with E-state index in [1.807, 2.05) is 6.92 Å². The summed E-state index contributed by atoms with van der Waals surface area (Å²) in [5.41, 5.74) is 0.116. The maximum Gasteiger partial charge on any atom is 0.341 e. The Kier molecular flexibility index (Phi) is 6.49. The van der Waals surface area contributed by atoms with Gasteiger partial charge >= 0.3 is 5.97 Å². The van der Waals surface area contributed by atoms with Crippen LogP contribution in [0.3, 0.4) is 0 Å². The highest BCUT2D eigenvalue weighted by Gasteiger charge is 2.16. The summed E-state index contributed by atoms with van der Waals surface area (Å²) in [6.45, 7) is 3.89. The molecule has 0 radical (unpaired) electrons. The van der Waals surface area contributed by atoms with Crippen LogP contribution in [0.4, 0.5) is 0 Å². The van der Waals surface area contributed by atoms with E-state index in [-0.39, 0.29) is 16.7 Å². The molecular formula is C9H13BrO3. The van der Waals surface area contributed by atoms with Gasteiger partial charge in [-0.2, -0.15) is 0 Å². The molecule has 0 amide bonds. The van der Waals surface area contributed by atoms with Crippen LogP contribution in [-0.2, 0) is 14.3 Å². The minimum absolute atomic E-state index is 0.116. The summed E-state index contributed by atoms with van der Waals surface area (Å²) in [6, 6.07) is 0. The molecule has 4 heteroatoms. The normalized spacial score (nSPS) is 11.2. The summed E-state index contributed by atoms with van der Waals surface area (Å²) in [5, 5.41) is 0.147. The highest BCUT2D eigenvalue weighted by atomic mass is 79.9. The molecule has 0 saturated heterocycles. The van der Waals surface area contributed by atoms with Gasteiger partial charge < -0.3 is 4.74 Å². The van der Waals surface area contributed by atoms with Crippen molar-refractivity contribution in [3.63, 3.8) is 0 Å². The smallest absolute Gasteiger partial charge is 0.341 e. The number of hydrogen-bond acceptors (Lipinski definition) is 3. The van der Waals surface area contributed by atoms with Gasteiger partial charge in [0.1, 0.15) is 0 Å². The summed E-state index contributed by atoms with van der Waals surface area (Å²) in [5.74, 6) is -0.780. The van der Waals surface area contributed by atoms with Gasteiger partial charge in [0.25, 0.3) is 0 Å². The molecule has 0 bridgehead atoms. The van der Waals surface area contributed by atoms with Crippen molar-refractivity contribution in [2.45, 2.75) is 20.3 Å². The number of rotatable bonds is 5. The van der Waals surface area contributed by atoms with E-state index in [0.29, 0.717) is 6.61 Å². The van der Waals surface area contributed by atoms with Gasteiger partial charge in [0.05, 0.1) is 17.5 Å². The average molecular weight is 249 g/mol. The summed E-state index contributed by atoms with van der Waals surface area (Å²) < 4.78 is 4.82. The van der Waals surface area contributed by atoms with E-state index in [1.165, 1.54) is 6.08 Å². The fourth-order valence-corrected chi connectivity index (χ4v) is 1.04. The zero-order valence-electron chi connectivity index (χ0n) is 7.80. The fraction of sp³-hybridized carbons (Fsp3) is 0.556. The molecule has 13 heavy (non-hydrogen) atoms. The molecule has 0 aromatic carbocycles. The molecule has 0 atom stereocenters. The van der Waals surface area contributed by atoms with E-state index >= 15 is 0 Å². The van der Waals surface area contributed by atoms with E-state index in [9.17, 15) is 9.59 Å². The minimum Gasteiger partial charge on any atom is -0.462 e. The summed E-state index contributed by atoms with van der Waals surface area (Å²) in [6.07, 6.45) is 2.23. The van der Waals surface area contributed by atoms with Crippen molar-refractivity contribution in [2.75, 3.05) is 11.9 Å². The molecule has 0 fully saturated rings. The first kappa shape index (κ1) is 12.4. The van der Waals surface area contributed by atoms with Crippen LogP contribution in [0.15, 0.2) is 11.6 Å². The van der Waals surface area contributed by atoms with Crippen molar-refractivity contribution < 1.29 is 14.3 Å². The monoisotopic (exact) mass is 248 g/mol. The Balaban J connectivity index is 4.26. The van der Waals surface area contributed by atoms with E-state index in [4.69, 9.17) is 4.74 Å². The van der Waals surface area contributed by atoms with Gasteiger partial charge in [0, 0.05) is 0 Å². The number of ketones is 1. The molecule has 0 rings (SSSR count). The number of carbonyl (C=O) groups excluding carboxylic acids is 2. The van der Waals surface area contributed by atoms with E-state index in [2.05, 4.69) is 15.9 Å². The highest BCUT2D eigenvalue weighted by Crippen LogP contribution is 2.03. The molecule has 0 unspecified atom stereocenters. The number of alkyl halides is 1. The predicted molar refractivity (Wildman–Crippen MR) is 53.8 cm³/mol. The Morgan fingerprint density at radius 3 is 2.46 bits per heavy atom. The molecule has 0 saturated carbocycles.